The van der Waals surface area contributed by atoms with E-state index >= 15 is 0 Å². The number of carbonyl (C=O) groups excluding carboxylic acids is 5. The lowest BCUT2D eigenvalue weighted by Crippen LogP contribution is -2.50. The maximum absolute atomic E-state index is 13.2. The fourth-order valence-electron chi connectivity index (χ4n) is 7.11. The molecule has 25 heteroatoms. The predicted octanol–water partition coefficient (Wildman–Crippen LogP) is 4.56. The molecule has 0 heterocycles. The third-order valence-corrected chi connectivity index (χ3v) is 22.6. The fourth-order valence-corrected chi connectivity index (χ4v) is 22.6. The van der Waals surface area contributed by atoms with Gasteiger partial charge in [0.2, 0.25) is 0 Å². The van der Waals surface area contributed by atoms with E-state index in [9.17, 15) is 24.0 Å². The maximum Gasteiger partial charge on any atom is 0.325 e. The Bertz CT molecular complexity index is 1340. The van der Waals surface area contributed by atoms with Crippen LogP contribution in [0.15, 0.2) is 0 Å². The van der Waals surface area contributed by atoms with Crippen LogP contribution in [-0.4, -0.2) is 213 Å². The van der Waals surface area contributed by atoms with Gasteiger partial charge in [-0.2, -0.15) is 0 Å². The van der Waals surface area contributed by atoms with Crippen molar-refractivity contribution in [2.24, 2.45) is 0 Å². The average molecular weight is 1070 g/mol. The molecule has 0 unspecified atom stereocenters. The van der Waals surface area contributed by atoms with Crippen LogP contribution in [0.3, 0.4) is 0 Å². The van der Waals surface area contributed by atoms with Gasteiger partial charge in [-0.1, -0.05) is 25.7 Å². The van der Waals surface area contributed by atoms with Crippen molar-refractivity contribution in [1.82, 2.24) is 25.8 Å². The van der Waals surface area contributed by atoms with Crippen molar-refractivity contribution in [2.75, 3.05) is 124 Å². The number of carbonyl (C=O) groups is 5. The number of rotatable bonds is 44. The number of nitrogens with zero attached hydrogens (tertiary/aromatic N) is 2. The first kappa shape index (κ1) is 67.5. The van der Waals surface area contributed by atoms with Crippen LogP contribution >= 0.6 is 0 Å². The van der Waals surface area contributed by atoms with E-state index in [4.69, 9.17) is 52.0 Å². The Morgan fingerprint density at radius 3 is 1.13 bits per heavy atom. The van der Waals surface area contributed by atoms with Crippen LogP contribution in [0.25, 0.3) is 0 Å². The van der Waals surface area contributed by atoms with Crippen LogP contribution in [0.1, 0.15) is 83.5 Å². The lowest BCUT2D eigenvalue weighted by molar-refractivity contribution is -0.146. The smallest absolute Gasteiger partial charge is 0.325 e. The van der Waals surface area contributed by atoms with Gasteiger partial charge in [-0.25, -0.2) is 19.3 Å². The molecule has 0 bridgehead atoms. The zero-order chi connectivity index (χ0) is 52.7. The molecule has 0 aliphatic rings. The quantitative estimate of drug-likeness (QED) is 0.0278. The third kappa shape index (κ3) is 39.0. The first-order valence-electron chi connectivity index (χ1n) is 25.3. The molecule has 0 saturated heterocycles. The van der Waals surface area contributed by atoms with Crippen molar-refractivity contribution in [1.29, 1.82) is 0 Å². The summed E-state index contributed by atoms with van der Waals surface area (Å²) in [5.74, 6) is -0.577. The standard InChI is InChI=1S/C45H95N5O16Si4/c1-49(27-28-51)43(56)46-23-19-14-20-26-50(44(57)47-24-17-12-10-15-21-41(54)63-35-33-61-39-69(6,7)65-67(2,3)37-59-31-29-52)45(58)48-25-18-13-11-16-22-42(55)64-36-34-62-40-70(8,9)66-68(4,5)38-60-32-30-53/h51-53H,10-40H2,1-9H3,(H,46,56)(H,47,57)(H,48,58). The SMILES string of the molecule is CN(CCO)C(=O)NCCCCCN(C(=O)NCCCCCCC(=O)OCCOC[Si](C)(C)O[Si](C)(C)COCCO)C(=O)NCCCCCCC(=O)OCCOC[Si](C)(C)O[Si](C)(C)COCCO. The number of urea groups is 3. The predicted molar refractivity (Wildman–Crippen MR) is 278 cm³/mol. The number of unbranched alkanes of at least 4 members (excludes halogenated alkanes) is 8. The molecule has 0 fully saturated rings. The van der Waals surface area contributed by atoms with Gasteiger partial charge in [-0.3, -0.25) is 9.59 Å². The monoisotopic (exact) mass is 1070 g/mol. The van der Waals surface area contributed by atoms with Gasteiger partial charge in [-0.05, 0) is 97.3 Å². The van der Waals surface area contributed by atoms with Crippen molar-refractivity contribution in [3.8, 4) is 0 Å². The van der Waals surface area contributed by atoms with Gasteiger partial charge in [0.15, 0.2) is 33.3 Å². The van der Waals surface area contributed by atoms with E-state index in [-0.39, 0.29) is 90.1 Å². The number of hydrogen-bond donors (Lipinski definition) is 6. The Hall–Kier alpha value is -2.54. The Kier molecular flexibility index (Phi) is 38.5. The highest BCUT2D eigenvalue weighted by Crippen LogP contribution is 2.17. The lowest BCUT2D eigenvalue weighted by atomic mass is 10.1. The molecule has 6 amide bonds. The fraction of sp³-hybridized carbons (Fsp3) is 0.889. The van der Waals surface area contributed by atoms with Crippen molar-refractivity contribution < 1.29 is 75.9 Å². The molecule has 0 atom stereocenters. The molecule has 21 nitrogen and oxygen atoms in total. The van der Waals surface area contributed by atoms with E-state index in [0.717, 1.165) is 25.7 Å². The number of esters is 2. The summed E-state index contributed by atoms with van der Waals surface area (Å²) in [5, 5.41) is 35.4. The van der Waals surface area contributed by atoms with Crippen LogP contribution in [0.5, 0.6) is 0 Å². The van der Waals surface area contributed by atoms with Crippen LogP contribution in [-0.2, 0) is 46.2 Å². The van der Waals surface area contributed by atoms with Gasteiger partial charge in [0.1, 0.15) is 13.2 Å². The second-order valence-corrected chi connectivity index (χ2v) is 36.6. The molecule has 0 aromatic carbocycles. The Morgan fingerprint density at radius 1 is 0.414 bits per heavy atom. The number of aliphatic hydroxyl groups is 3. The van der Waals surface area contributed by atoms with E-state index in [1.165, 1.54) is 9.80 Å². The molecular formula is C45H95N5O16Si4. The number of nitrogens with one attached hydrogen (secondary N) is 3. The maximum atomic E-state index is 13.2. The van der Waals surface area contributed by atoms with Crippen LogP contribution in [0.4, 0.5) is 14.4 Å². The summed E-state index contributed by atoms with van der Waals surface area (Å²) in [6, 6.07) is -1.27. The number of aliphatic hydroxyl groups excluding tert-OH is 3. The van der Waals surface area contributed by atoms with Crippen LogP contribution < -0.4 is 16.0 Å². The van der Waals surface area contributed by atoms with Crippen LogP contribution in [0, 0.1) is 0 Å². The molecular weight excluding hydrogens is 979 g/mol. The van der Waals surface area contributed by atoms with E-state index in [2.05, 4.69) is 68.3 Å². The molecule has 0 radical (unpaired) electrons. The number of ether oxygens (including phenoxy) is 6. The summed E-state index contributed by atoms with van der Waals surface area (Å²) in [4.78, 5) is 65.6. The summed E-state index contributed by atoms with van der Waals surface area (Å²) in [6.07, 6.45) is 10.1. The summed E-state index contributed by atoms with van der Waals surface area (Å²) >= 11 is 0. The number of likely N-dealkylation sites (N-methyl/N-ethyl adjacent to an activating group) is 1. The summed E-state index contributed by atoms with van der Waals surface area (Å²) in [7, 11) is -6.72. The Balaban J connectivity index is 4.58. The second-order valence-electron chi connectivity index (χ2n) is 19.7. The third-order valence-electron chi connectivity index (χ3n) is 10.1. The summed E-state index contributed by atoms with van der Waals surface area (Å²) < 4.78 is 46.0. The number of hydrogen-bond acceptors (Lipinski definition) is 16. The minimum atomic E-state index is -2.11. The van der Waals surface area contributed by atoms with Gasteiger partial charge in [0.05, 0.1) is 71.2 Å². The average Bonchev–Trinajstić information content (AvgIpc) is 3.26. The lowest BCUT2D eigenvalue weighted by Gasteiger charge is -2.33. The van der Waals surface area contributed by atoms with Gasteiger partial charge in [0, 0.05) is 52.6 Å². The Morgan fingerprint density at radius 2 is 0.757 bits per heavy atom. The molecule has 0 rings (SSSR count). The number of amides is 6. The topological polar surface area (TPSA) is 262 Å². The van der Waals surface area contributed by atoms with E-state index < -0.39 is 45.3 Å². The normalized spacial score (nSPS) is 12.1. The molecule has 70 heavy (non-hydrogen) atoms. The number of imide groups is 1. The Labute approximate surface area is 423 Å². The highest BCUT2D eigenvalue weighted by Gasteiger charge is 2.35. The minimum absolute atomic E-state index is 0.0190. The van der Waals surface area contributed by atoms with Crippen molar-refractivity contribution in [3.05, 3.63) is 0 Å². The van der Waals surface area contributed by atoms with Crippen LogP contribution in [0.2, 0.25) is 52.4 Å². The van der Waals surface area contributed by atoms with Crippen molar-refractivity contribution in [2.45, 2.75) is 136 Å². The first-order chi connectivity index (χ1) is 33.1. The van der Waals surface area contributed by atoms with E-state index in [0.29, 0.717) is 103 Å². The zero-order valence-corrected chi connectivity index (χ0v) is 48.5. The molecule has 0 saturated carbocycles. The van der Waals surface area contributed by atoms with E-state index in [1.807, 2.05) is 0 Å². The van der Waals surface area contributed by atoms with Gasteiger partial charge in [0.25, 0.3) is 0 Å². The molecule has 0 spiro atoms. The molecule has 0 aromatic rings. The molecule has 0 aliphatic carbocycles. The van der Waals surface area contributed by atoms with Gasteiger partial charge >= 0.3 is 30.0 Å². The highest BCUT2D eigenvalue weighted by molar-refractivity contribution is 6.85. The van der Waals surface area contributed by atoms with Crippen molar-refractivity contribution >= 4 is 63.3 Å². The minimum Gasteiger partial charge on any atom is -0.463 e. The molecule has 0 aromatic heterocycles. The summed E-state index contributed by atoms with van der Waals surface area (Å²) in [6.45, 7) is 19.5. The zero-order valence-electron chi connectivity index (χ0n) is 44.5. The first-order valence-corrected chi connectivity index (χ1v) is 37.7. The van der Waals surface area contributed by atoms with Gasteiger partial charge in [-0.15, -0.1) is 0 Å². The van der Waals surface area contributed by atoms with Gasteiger partial charge < -0.3 is 72.8 Å². The summed E-state index contributed by atoms with van der Waals surface area (Å²) in [5.41, 5.74) is 0. The highest BCUT2D eigenvalue weighted by atomic mass is 28.4. The largest absolute Gasteiger partial charge is 0.463 e. The second kappa shape index (κ2) is 39.9. The molecule has 412 valence electrons. The molecule has 0 aliphatic heterocycles. The van der Waals surface area contributed by atoms with E-state index in [1.54, 1.807) is 7.05 Å². The van der Waals surface area contributed by atoms with Crippen molar-refractivity contribution in [3.63, 3.8) is 0 Å². The molecule has 6 N–H and O–H groups in total.